The van der Waals surface area contributed by atoms with E-state index in [1.807, 2.05) is 0 Å². The van der Waals surface area contributed by atoms with Gasteiger partial charge in [-0.15, -0.1) is 11.3 Å². The monoisotopic (exact) mass is 373 g/mol. The number of nitrogens with one attached hydrogen (secondary N) is 2. The SMILES string of the molecule is O=C(CC12CC3CC(CC(C3)C1)C2)NCC(=O)Nc1nc2c(s1)CCC2. The number of fused-ring (bicyclic) bond motifs is 1. The van der Waals surface area contributed by atoms with Gasteiger partial charge >= 0.3 is 0 Å². The number of hydrogen-bond donors (Lipinski definition) is 2. The van der Waals surface area contributed by atoms with Gasteiger partial charge in [0.2, 0.25) is 11.8 Å². The molecule has 1 heterocycles. The number of aryl methyl sites for hydroxylation is 2. The van der Waals surface area contributed by atoms with Crippen molar-refractivity contribution in [3.63, 3.8) is 0 Å². The zero-order valence-corrected chi connectivity index (χ0v) is 16.0. The maximum atomic E-state index is 12.5. The fourth-order valence-electron chi connectivity index (χ4n) is 6.50. The van der Waals surface area contributed by atoms with Crippen LogP contribution in [-0.4, -0.2) is 23.3 Å². The predicted octanol–water partition coefficient (Wildman–Crippen LogP) is 3.29. The number of rotatable bonds is 5. The van der Waals surface area contributed by atoms with Gasteiger partial charge < -0.3 is 10.6 Å². The van der Waals surface area contributed by atoms with Gasteiger partial charge in [0.1, 0.15) is 0 Å². The second-order valence-corrected chi connectivity index (χ2v) is 10.2. The lowest BCUT2D eigenvalue weighted by Crippen LogP contribution is -2.48. The van der Waals surface area contributed by atoms with Crippen LogP contribution in [0.3, 0.4) is 0 Å². The first kappa shape index (κ1) is 16.7. The molecule has 0 saturated heterocycles. The van der Waals surface area contributed by atoms with E-state index in [1.165, 1.54) is 49.8 Å². The molecule has 1 aromatic rings. The molecule has 0 spiro atoms. The Morgan fingerprint density at radius 1 is 1.04 bits per heavy atom. The molecule has 0 aromatic carbocycles. The fourth-order valence-corrected chi connectivity index (χ4v) is 7.56. The highest BCUT2D eigenvalue weighted by Crippen LogP contribution is 2.61. The van der Waals surface area contributed by atoms with Crippen molar-refractivity contribution >= 4 is 28.3 Å². The lowest BCUT2D eigenvalue weighted by atomic mass is 9.49. The number of thiazole rings is 1. The van der Waals surface area contributed by atoms with E-state index in [4.69, 9.17) is 0 Å². The zero-order chi connectivity index (χ0) is 17.7. The van der Waals surface area contributed by atoms with Crippen molar-refractivity contribution in [1.82, 2.24) is 10.3 Å². The van der Waals surface area contributed by atoms with Gasteiger partial charge in [0.15, 0.2) is 5.13 Å². The van der Waals surface area contributed by atoms with Crippen molar-refractivity contribution in [3.8, 4) is 0 Å². The Bertz CT molecular complexity index is 685. The highest BCUT2D eigenvalue weighted by Gasteiger charge is 2.51. The smallest absolute Gasteiger partial charge is 0.245 e. The van der Waals surface area contributed by atoms with Gasteiger partial charge in [0.25, 0.3) is 0 Å². The number of carbonyl (C=O) groups excluding carboxylic acids is 2. The maximum Gasteiger partial charge on any atom is 0.245 e. The van der Waals surface area contributed by atoms with E-state index in [9.17, 15) is 9.59 Å². The summed E-state index contributed by atoms with van der Waals surface area (Å²) < 4.78 is 0. The Morgan fingerprint density at radius 3 is 2.38 bits per heavy atom. The molecule has 4 fully saturated rings. The molecule has 0 atom stereocenters. The van der Waals surface area contributed by atoms with E-state index < -0.39 is 0 Å². The Kier molecular flexibility index (Phi) is 4.07. The molecule has 140 valence electrons. The quantitative estimate of drug-likeness (QED) is 0.832. The number of anilines is 1. The number of nitrogens with zero attached hydrogens (tertiary/aromatic N) is 1. The average molecular weight is 374 g/mol. The second-order valence-electron chi connectivity index (χ2n) is 9.16. The molecule has 6 rings (SSSR count). The second kappa shape index (κ2) is 6.32. The first-order valence-corrected chi connectivity index (χ1v) is 10.9. The first-order valence-electron chi connectivity index (χ1n) is 10.1. The van der Waals surface area contributed by atoms with Gasteiger partial charge in [-0.2, -0.15) is 0 Å². The molecule has 0 radical (unpaired) electrons. The maximum absolute atomic E-state index is 12.5. The van der Waals surface area contributed by atoms with Crippen LogP contribution in [0, 0.1) is 23.2 Å². The van der Waals surface area contributed by atoms with E-state index in [1.54, 1.807) is 11.3 Å². The van der Waals surface area contributed by atoms with Crippen LogP contribution in [0.2, 0.25) is 0 Å². The van der Waals surface area contributed by atoms with Crippen LogP contribution in [0.1, 0.15) is 61.9 Å². The van der Waals surface area contributed by atoms with Crippen LogP contribution in [-0.2, 0) is 22.4 Å². The highest BCUT2D eigenvalue weighted by molar-refractivity contribution is 7.15. The molecule has 6 heteroatoms. The van der Waals surface area contributed by atoms with Crippen LogP contribution in [0.25, 0.3) is 0 Å². The van der Waals surface area contributed by atoms with Crippen molar-refractivity contribution in [2.45, 2.75) is 64.2 Å². The summed E-state index contributed by atoms with van der Waals surface area (Å²) in [6.45, 7) is 0.0510. The summed E-state index contributed by atoms with van der Waals surface area (Å²) in [5, 5.41) is 6.37. The molecule has 5 aliphatic rings. The molecule has 2 amide bonds. The minimum atomic E-state index is -0.170. The standard InChI is InChI=1S/C20H27N3O2S/c24-17(10-20-7-12-4-13(8-20)6-14(5-12)9-20)21-11-18(25)23-19-22-15-2-1-3-16(15)26-19/h12-14H,1-11H2,(H,21,24)(H,22,23,25). The molecular formula is C20H27N3O2S. The molecule has 4 saturated carbocycles. The normalized spacial score (nSPS) is 33.9. The minimum absolute atomic E-state index is 0.0451. The van der Waals surface area contributed by atoms with Gasteiger partial charge in [-0.1, -0.05) is 0 Å². The summed E-state index contributed by atoms with van der Waals surface area (Å²) >= 11 is 1.57. The summed E-state index contributed by atoms with van der Waals surface area (Å²) in [6.07, 6.45) is 11.7. The topological polar surface area (TPSA) is 71.1 Å². The van der Waals surface area contributed by atoms with Gasteiger partial charge in [-0.05, 0) is 81.0 Å². The average Bonchev–Trinajstić information content (AvgIpc) is 3.12. The van der Waals surface area contributed by atoms with Gasteiger partial charge in [-0.25, -0.2) is 4.98 Å². The van der Waals surface area contributed by atoms with Crippen molar-refractivity contribution in [2.24, 2.45) is 23.2 Å². The fraction of sp³-hybridized carbons (Fsp3) is 0.750. The summed E-state index contributed by atoms with van der Waals surface area (Å²) in [7, 11) is 0. The Morgan fingerprint density at radius 2 is 1.73 bits per heavy atom. The molecule has 26 heavy (non-hydrogen) atoms. The Balaban J connectivity index is 1.12. The third-order valence-electron chi connectivity index (χ3n) is 6.99. The zero-order valence-electron chi connectivity index (χ0n) is 15.2. The van der Waals surface area contributed by atoms with E-state index in [-0.39, 0.29) is 23.8 Å². The number of hydrogen-bond acceptors (Lipinski definition) is 4. The highest BCUT2D eigenvalue weighted by atomic mass is 32.1. The summed E-state index contributed by atoms with van der Waals surface area (Å²) in [5.41, 5.74) is 1.36. The van der Waals surface area contributed by atoms with Crippen molar-refractivity contribution < 1.29 is 9.59 Å². The third-order valence-corrected chi connectivity index (χ3v) is 8.06. The van der Waals surface area contributed by atoms with Crippen molar-refractivity contribution in [1.29, 1.82) is 0 Å². The third kappa shape index (κ3) is 3.17. The molecule has 2 N–H and O–H groups in total. The molecule has 1 aromatic heterocycles. The number of carbonyl (C=O) groups is 2. The van der Waals surface area contributed by atoms with E-state index in [2.05, 4.69) is 15.6 Å². The number of aromatic nitrogens is 1. The molecule has 5 aliphatic carbocycles. The number of amides is 2. The largest absolute Gasteiger partial charge is 0.347 e. The Hall–Kier alpha value is -1.43. The minimum Gasteiger partial charge on any atom is -0.347 e. The first-order chi connectivity index (χ1) is 12.6. The van der Waals surface area contributed by atoms with Gasteiger partial charge in [-0.3, -0.25) is 9.59 Å². The van der Waals surface area contributed by atoms with Crippen molar-refractivity contribution in [3.05, 3.63) is 10.6 Å². The van der Waals surface area contributed by atoms with Crippen LogP contribution >= 0.6 is 11.3 Å². The van der Waals surface area contributed by atoms with Gasteiger partial charge in [0.05, 0.1) is 12.2 Å². The molecule has 0 aliphatic heterocycles. The summed E-state index contributed by atoms with van der Waals surface area (Å²) in [4.78, 5) is 30.4. The summed E-state index contributed by atoms with van der Waals surface area (Å²) in [5.74, 6) is 2.43. The van der Waals surface area contributed by atoms with E-state index in [0.29, 0.717) is 11.6 Å². The van der Waals surface area contributed by atoms with Crippen molar-refractivity contribution in [2.75, 3.05) is 11.9 Å². The van der Waals surface area contributed by atoms with Crippen LogP contribution in [0.4, 0.5) is 5.13 Å². The predicted molar refractivity (Wildman–Crippen MR) is 101 cm³/mol. The lowest BCUT2D eigenvalue weighted by molar-refractivity contribution is -0.131. The molecule has 4 bridgehead atoms. The molecule has 0 unspecified atom stereocenters. The molecule has 5 nitrogen and oxygen atoms in total. The van der Waals surface area contributed by atoms with Crippen LogP contribution in [0.15, 0.2) is 0 Å². The molecular weight excluding hydrogens is 346 g/mol. The van der Waals surface area contributed by atoms with Crippen LogP contribution in [0.5, 0.6) is 0 Å². The van der Waals surface area contributed by atoms with E-state index >= 15 is 0 Å². The summed E-state index contributed by atoms with van der Waals surface area (Å²) in [6, 6.07) is 0. The lowest BCUT2D eigenvalue weighted by Gasteiger charge is -2.56. The van der Waals surface area contributed by atoms with E-state index in [0.717, 1.165) is 36.3 Å². The van der Waals surface area contributed by atoms with Crippen LogP contribution < -0.4 is 10.6 Å². The Labute approximate surface area is 158 Å². The van der Waals surface area contributed by atoms with Gasteiger partial charge in [0, 0.05) is 11.3 Å².